The van der Waals surface area contributed by atoms with Crippen LogP contribution >= 0.6 is 0 Å². The maximum Gasteiger partial charge on any atom is 0.257 e. The number of carbonyl (C=O) groups is 1. The first kappa shape index (κ1) is 15.8. The van der Waals surface area contributed by atoms with E-state index in [1.807, 2.05) is 29.2 Å². The van der Waals surface area contributed by atoms with E-state index in [0.29, 0.717) is 23.8 Å². The molecule has 1 aromatic rings. The number of carbonyl (C=O) groups excluding carboxylic acids is 1. The maximum atomic E-state index is 13.0. The third-order valence-electron chi connectivity index (χ3n) is 4.12. The van der Waals surface area contributed by atoms with Crippen LogP contribution in [0, 0.1) is 5.92 Å². The topological polar surface area (TPSA) is 41.6 Å². The van der Waals surface area contributed by atoms with Gasteiger partial charge in [0.15, 0.2) is 0 Å². The lowest BCUT2D eigenvalue weighted by Gasteiger charge is -2.46. The summed E-state index contributed by atoms with van der Waals surface area (Å²) < 4.78 is 5.34. The molecule has 1 amide bonds. The molecule has 0 saturated carbocycles. The van der Waals surface area contributed by atoms with Crippen LogP contribution in [0.15, 0.2) is 24.3 Å². The molecule has 0 spiro atoms. The van der Waals surface area contributed by atoms with Gasteiger partial charge in [-0.15, -0.1) is 0 Å². The predicted octanol–water partition coefficient (Wildman–Crippen LogP) is 2.54. The van der Waals surface area contributed by atoms with Gasteiger partial charge in [-0.3, -0.25) is 4.79 Å². The molecular weight excluding hydrogens is 264 g/mol. The van der Waals surface area contributed by atoms with Crippen LogP contribution in [0.1, 0.15) is 38.1 Å². The molecule has 1 fully saturated rings. The zero-order valence-electron chi connectivity index (χ0n) is 13.6. The summed E-state index contributed by atoms with van der Waals surface area (Å²) in [6.07, 6.45) is 0. The third kappa shape index (κ3) is 3.38. The Morgan fingerprint density at radius 3 is 2.67 bits per heavy atom. The molecule has 0 aromatic heterocycles. The van der Waals surface area contributed by atoms with Crippen molar-refractivity contribution in [1.82, 2.24) is 10.2 Å². The highest BCUT2D eigenvalue weighted by Crippen LogP contribution is 2.26. The summed E-state index contributed by atoms with van der Waals surface area (Å²) in [6, 6.07) is 7.65. The van der Waals surface area contributed by atoms with Gasteiger partial charge in [0.2, 0.25) is 0 Å². The average molecular weight is 290 g/mol. The fourth-order valence-corrected chi connectivity index (χ4v) is 2.88. The van der Waals surface area contributed by atoms with E-state index in [0.717, 1.165) is 6.54 Å². The maximum absolute atomic E-state index is 13.0. The van der Waals surface area contributed by atoms with Crippen LogP contribution in [0.25, 0.3) is 0 Å². The van der Waals surface area contributed by atoms with Gasteiger partial charge in [0.05, 0.1) is 12.7 Å². The van der Waals surface area contributed by atoms with Crippen molar-refractivity contribution in [2.75, 3.05) is 20.2 Å². The van der Waals surface area contributed by atoms with Crippen LogP contribution in [0.3, 0.4) is 0 Å². The Hall–Kier alpha value is -1.55. The lowest BCUT2D eigenvalue weighted by atomic mass is 9.92. The van der Waals surface area contributed by atoms with Crippen molar-refractivity contribution in [3.63, 3.8) is 0 Å². The summed E-state index contributed by atoms with van der Waals surface area (Å²) in [5.41, 5.74) is 0.576. The van der Waals surface area contributed by atoms with Crippen LogP contribution in [-0.2, 0) is 0 Å². The summed E-state index contributed by atoms with van der Waals surface area (Å²) in [5.74, 6) is 1.11. The highest BCUT2D eigenvalue weighted by Gasteiger charge is 2.37. The molecule has 0 aliphatic carbocycles. The normalized spacial score (nSPS) is 21.4. The first-order valence-corrected chi connectivity index (χ1v) is 7.55. The van der Waals surface area contributed by atoms with Crippen molar-refractivity contribution < 1.29 is 9.53 Å². The fourth-order valence-electron chi connectivity index (χ4n) is 2.88. The van der Waals surface area contributed by atoms with Crippen molar-refractivity contribution in [2.45, 2.75) is 39.3 Å². The second-order valence-electron chi connectivity index (χ2n) is 6.71. The molecule has 1 aromatic carbocycles. The molecule has 0 radical (unpaired) electrons. The lowest BCUT2D eigenvalue weighted by molar-refractivity contribution is 0.0414. The number of nitrogens with one attached hydrogen (secondary N) is 1. The second-order valence-corrected chi connectivity index (χ2v) is 6.71. The van der Waals surface area contributed by atoms with E-state index in [2.05, 4.69) is 33.0 Å². The highest BCUT2D eigenvalue weighted by atomic mass is 16.5. The Morgan fingerprint density at radius 1 is 1.38 bits per heavy atom. The molecule has 0 bridgehead atoms. The van der Waals surface area contributed by atoms with Gasteiger partial charge in [-0.25, -0.2) is 0 Å². The van der Waals surface area contributed by atoms with E-state index >= 15 is 0 Å². The van der Waals surface area contributed by atoms with Crippen LogP contribution in [-0.4, -0.2) is 42.6 Å². The Bertz CT molecular complexity index is 511. The molecule has 4 heteroatoms. The van der Waals surface area contributed by atoms with E-state index in [4.69, 9.17) is 4.74 Å². The lowest BCUT2D eigenvalue weighted by Crippen LogP contribution is -2.64. The smallest absolute Gasteiger partial charge is 0.257 e. The summed E-state index contributed by atoms with van der Waals surface area (Å²) in [5, 5.41) is 3.53. The van der Waals surface area contributed by atoms with E-state index in [1.165, 1.54) is 0 Å². The quantitative estimate of drug-likeness (QED) is 0.930. The average Bonchev–Trinajstić information content (AvgIpc) is 2.45. The Morgan fingerprint density at radius 2 is 2.05 bits per heavy atom. The number of para-hydroxylation sites is 1. The summed E-state index contributed by atoms with van der Waals surface area (Å²) in [4.78, 5) is 15.0. The summed E-state index contributed by atoms with van der Waals surface area (Å²) in [7, 11) is 1.60. The van der Waals surface area contributed by atoms with Crippen molar-refractivity contribution in [2.24, 2.45) is 5.92 Å². The summed E-state index contributed by atoms with van der Waals surface area (Å²) >= 11 is 0. The fraction of sp³-hybridized carbons (Fsp3) is 0.588. The Balaban J connectivity index is 2.33. The number of benzene rings is 1. The molecule has 1 heterocycles. The van der Waals surface area contributed by atoms with Crippen molar-refractivity contribution in [3.05, 3.63) is 29.8 Å². The predicted molar refractivity (Wildman–Crippen MR) is 84.7 cm³/mol. The van der Waals surface area contributed by atoms with E-state index < -0.39 is 0 Å². The minimum atomic E-state index is -0.0664. The number of hydrogen-bond donors (Lipinski definition) is 1. The molecule has 1 aliphatic rings. The van der Waals surface area contributed by atoms with Gasteiger partial charge in [-0.2, -0.15) is 0 Å². The molecule has 1 atom stereocenters. The van der Waals surface area contributed by atoms with Gasteiger partial charge in [0.1, 0.15) is 5.75 Å². The Labute approximate surface area is 127 Å². The zero-order valence-corrected chi connectivity index (χ0v) is 13.6. The van der Waals surface area contributed by atoms with Gasteiger partial charge in [0, 0.05) is 24.7 Å². The van der Waals surface area contributed by atoms with Gasteiger partial charge >= 0.3 is 0 Å². The van der Waals surface area contributed by atoms with Crippen molar-refractivity contribution >= 4 is 5.91 Å². The van der Waals surface area contributed by atoms with Crippen LogP contribution in [0.2, 0.25) is 0 Å². The van der Waals surface area contributed by atoms with E-state index in [-0.39, 0.29) is 17.5 Å². The highest BCUT2D eigenvalue weighted by molar-refractivity contribution is 5.97. The van der Waals surface area contributed by atoms with Crippen molar-refractivity contribution in [1.29, 1.82) is 0 Å². The van der Waals surface area contributed by atoms with Gasteiger partial charge in [-0.1, -0.05) is 26.0 Å². The standard InChI is InChI=1S/C17H26N2O2/c1-12(2)14-10-18-17(3,4)11-19(14)16(20)13-8-6-7-9-15(13)21-5/h6-9,12,14,18H,10-11H2,1-5H3. The molecular formula is C17H26N2O2. The third-order valence-corrected chi connectivity index (χ3v) is 4.12. The second kappa shape index (κ2) is 6.06. The monoisotopic (exact) mass is 290 g/mol. The van der Waals surface area contributed by atoms with Crippen LogP contribution < -0.4 is 10.1 Å². The number of methoxy groups -OCH3 is 1. The number of amides is 1. The molecule has 1 saturated heterocycles. The first-order valence-electron chi connectivity index (χ1n) is 7.55. The summed E-state index contributed by atoms with van der Waals surface area (Å²) in [6.45, 7) is 10.1. The van der Waals surface area contributed by atoms with Crippen LogP contribution in [0.4, 0.5) is 0 Å². The van der Waals surface area contributed by atoms with Gasteiger partial charge in [-0.05, 0) is 31.9 Å². The molecule has 21 heavy (non-hydrogen) atoms. The zero-order chi connectivity index (χ0) is 15.6. The van der Waals surface area contributed by atoms with Gasteiger partial charge < -0.3 is 15.0 Å². The minimum Gasteiger partial charge on any atom is -0.496 e. The van der Waals surface area contributed by atoms with Crippen LogP contribution in [0.5, 0.6) is 5.75 Å². The SMILES string of the molecule is COc1ccccc1C(=O)N1CC(C)(C)NCC1C(C)C. The Kier molecular flexibility index (Phi) is 4.57. The molecule has 2 rings (SSSR count). The van der Waals surface area contributed by atoms with Crippen molar-refractivity contribution in [3.8, 4) is 5.75 Å². The molecule has 4 nitrogen and oxygen atoms in total. The number of ether oxygens (including phenoxy) is 1. The molecule has 1 unspecified atom stereocenters. The molecule has 1 N–H and O–H groups in total. The first-order chi connectivity index (χ1) is 9.85. The number of piperazine rings is 1. The largest absolute Gasteiger partial charge is 0.496 e. The number of hydrogen-bond acceptors (Lipinski definition) is 3. The minimum absolute atomic E-state index is 0.0562. The number of nitrogens with zero attached hydrogens (tertiary/aromatic N) is 1. The van der Waals surface area contributed by atoms with E-state index in [1.54, 1.807) is 7.11 Å². The van der Waals surface area contributed by atoms with E-state index in [9.17, 15) is 4.79 Å². The number of rotatable bonds is 3. The molecule has 1 aliphatic heterocycles. The molecule has 116 valence electrons. The van der Waals surface area contributed by atoms with Gasteiger partial charge in [0.25, 0.3) is 5.91 Å².